The molecule has 0 saturated carbocycles. The summed E-state index contributed by atoms with van der Waals surface area (Å²) in [5.74, 6) is -6.96. The first-order chi connectivity index (χ1) is 20.4. The third-order valence-corrected chi connectivity index (χ3v) is 11.3. The second-order valence-corrected chi connectivity index (χ2v) is 13.0. The van der Waals surface area contributed by atoms with E-state index in [0.29, 0.717) is 15.6 Å². The number of benzene rings is 2. The highest BCUT2D eigenvalue weighted by Gasteiger charge is 2.57. The van der Waals surface area contributed by atoms with Gasteiger partial charge in [-0.15, -0.1) is 0 Å². The molecule has 6 rings (SSSR count). The van der Waals surface area contributed by atoms with Gasteiger partial charge in [0.1, 0.15) is 11.3 Å². The summed E-state index contributed by atoms with van der Waals surface area (Å²) in [5, 5.41) is 30.1. The summed E-state index contributed by atoms with van der Waals surface area (Å²) >= 11 is 10.1. The Morgan fingerprint density at radius 2 is 1.72 bits per heavy atom. The first-order valence-corrected chi connectivity index (χ1v) is 15.3. The first-order valence-electron chi connectivity index (χ1n) is 13.0. The van der Waals surface area contributed by atoms with Gasteiger partial charge in [0.25, 0.3) is 0 Å². The lowest BCUT2D eigenvalue weighted by Gasteiger charge is -2.42. The van der Waals surface area contributed by atoms with Crippen LogP contribution in [0.25, 0.3) is 0 Å². The van der Waals surface area contributed by atoms with E-state index in [1.807, 2.05) is 6.08 Å². The van der Waals surface area contributed by atoms with Crippen molar-refractivity contribution in [2.24, 2.45) is 17.8 Å². The zero-order chi connectivity index (χ0) is 31.1. The Hall–Kier alpha value is -3.55. The Balaban J connectivity index is 1.50. The molecular formula is C30H20Br3NO9. The Bertz CT molecular complexity index is 1810. The number of hydrogen-bond acceptors (Lipinski definition) is 8. The number of fused-ring (bicyclic) bond motifs is 3. The number of carboxylic acids is 1. The van der Waals surface area contributed by atoms with Crippen LogP contribution in [0.5, 0.6) is 17.2 Å². The number of hydrogen-bond donors (Lipinski definition) is 3. The lowest BCUT2D eigenvalue weighted by atomic mass is 9.59. The third-order valence-electron chi connectivity index (χ3n) is 8.51. The van der Waals surface area contributed by atoms with E-state index in [1.54, 1.807) is 6.07 Å². The Kier molecular flexibility index (Phi) is 7.25. The molecule has 43 heavy (non-hydrogen) atoms. The molecule has 0 radical (unpaired) electrons. The Morgan fingerprint density at radius 3 is 2.37 bits per heavy atom. The van der Waals surface area contributed by atoms with E-state index in [4.69, 9.17) is 4.74 Å². The summed E-state index contributed by atoms with van der Waals surface area (Å²) in [7, 11) is 1.38. The standard InChI is InChI=1S/C30H20Br3NO9/c1-43-20-8-15(24(32)25(33)27(20)38)21-11-4-5-13-22(14(11)7-16-23(21)19(36)9-17(31)26(16)37)29(40)34(28(13)39)10-2-3-12(30(41)42)18(35)6-10/h2-4,6,8-9,13-14,21-22,35,38H,5,7H2,1H3,(H,41,42). The highest BCUT2D eigenvalue weighted by Crippen LogP contribution is 2.58. The van der Waals surface area contributed by atoms with Crippen molar-refractivity contribution in [3.8, 4) is 17.2 Å². The van der Waals surface area contributed by atoms with E-state index in [2.05, 4.69) is 47.8 Å². The molecule has 1 fully saturated rings. The van der Waals surface area contributed by atoms with Crippen molar-refractivity contribution in [1.82, 2.24) is 0 Å². The molecule has 2 amide bonds. The number of ether oxygens (including phenoxy) is 1. The summed E-state index contributed by atoms with van der Waals surface area (Å²) in [6.45, 7) is 0. The van der Waals surface area contributed by atoms with Crippen LogP contribution in [0, 0.1) is 17.8 Å². The zero-order valence-electron chi connectivity index (χ0n) is 22.1. The molecule has 4 aliphatic rings. The molecule has 4 atom stereocenters. The van der Waals surface area contributed by atoms with Gasteiger partial charge < -0.3 is 20.1 Å². The van der Waals surface area contributed by atoms with Gasteiger partial charge in [-0.25, -0.2) is 9.69 Å². The number of aromatic carboxylic acids is 1. The number of nitrogens with zero attached hydrogens (tertiary/aromatic N) is 1. The van der Waals surface area contributed by atoms with Crippen molar-refractivity contribution < 1.29 is 44.0 Å². The largest absolute Gasteiger partial charge is 0.507 e. The average molecular weight is 778 g/mol. The molecule has 3 aliphatic carbocycles. The second kappa shape index (κ2) is 10.6. The molecule has 10 nitrogen and oxygen atoms in total. The highest BCUT2D eigenvalue weighted by molar-refractivity contribution is 9.13. The molecule has 1 saturated heterocycles. The maximum atomic E-state index is 14.0. The van der Waals surface area contributed by atoms with Crippen molar-refractivity contribution in [2.75, 3.05) is 12.0 Å². The summed E-state index contributed by atoms with van der Waals surface area (Å²) in [5.41, 5.74) is 1.32. The summed E-state index contributed by atoms with van der Waals surface area (Å²) in [6.07, 6.45) is 3.27. The van der Waals surface area contributed by atoms with Gasteiger partial charge in [-0.3, -0.25) is 19.2 Å². The van der Waals surface area contributed by atoms with Crippen molar-refractivity contribution in [2.45, 2.75) is 18.8 Å². The number of ketones is 2. The Morgan fingerprint density at radius 1 is 1.00 bits per heavy atom. The number of methoxy groups -OCH3 is 1. The fourth-order valence-corrected chi connectivity index (χ4v) is 8.04. The van der Waals surface area contributed by atoms with Crippen LogP contribution in [0.15, 0.2) is 66.6 Å². The van der Waals surface area contributed by atoms with Crippen LogP contribution in [0.1, 0.15) is 34.7 Å². The van der Waals surface area contributed by atoms with Crippen molar-refractivity contribution in [1.29, 1.82) is 0 Å². The van der Waals surface area contributed by atoms with Crippen molar-refractivity contribution in [3.63, 3.8) is 0 Å². The van der Waals surface area contributed by atoms with E-state index in [9.17, 15) is 39.3 Å². The molecule has 0 bridgehead atoms. The highest BCUT2D eigenvalue weighted by atomic mass is 79.9. The van der Waals surface area contributed by atoms with Crippen LogP contribution >= 0.6 is 47.8 Å². The van der Waals surface area contributed by atoms with E-state index in [1.165, 1.54) is 19.3 Å². The number of allylic oxidation sites excluding steroid dienone is 6. The van der Waals surface area contributed by atoms with Gasteiger partial charge in [0, 0.05) is 33.7 Å². The van der Waals surface area contributed by atoms with Gasteiger partial charge in [0.05, 0.1) is 33.6 Å². The molecule has 0 spiro atoms. The molecule has 0 aromatic heterocycles. The number of carbonyl (C=O) groups excluding carboxylic acids is 4. The molecular weight excluding hydrogens is 758 g/mol. The minimum absolute atomic E-state index is 0.0326. The van der Waals surface area contributed by atoms with Crippen LogP contribution in [0.2, 0.25) is 0 Å². The monoisotopic (exact) mass is 775 g/mol. The molecule has 2 aromatic carbocycles. The number of amides is 2. The normalized spacial score (nSPS) is 24.8. The summed E-state index contributed by atoms with van der Waals surface area (Å²) in [4.78, 5) is 67.0. The molecule has 1 heterocycles. The third kappa shape index (κ3) is 4.34. The average Bonchev–Trinajstić information content (AvgIpc) is 3.23. The lowest BCUT2D eigenvalue weighted by Crippen LogP contribution is -2.39. The van der Waals surface area contributed by atoms with Gasteiger partial charge in [-0.1, -0.05) is 11.6 Å². The number of halogens is 3. The smallest absolute Gasteiger partial charge is 0.339 e. The fourth-order valence-electron chi connectivity index (χ4n) is 6.63. The van der Waals surface area contributed by atoms with Gasteiger partial charge in [-0.05, 0) is 90.3 Å². The van der Waals surface area contributed by atoms with Gasteiger partial charge in [0.2, 0.25) is 11.8 Å². The number of carboxylic acid groups (broad SMARTS) is 1. The SMILES string of the molecule is COc1cc(C2C3=CCC4C(=O)N(c5ccc(C(=O)O)c(O)c5)C(=O)C4C3CC3=C2C(=O)C=C(Br)C3=O)c(Br)c(Br)c1O. The number of aromatic hydroxyl groups is 2. The minimum atomic E-state index is -1.36. The molecule has 4 unspecified atom stereocenters. The number of Topliss-reactive ketones (excluding diaryl/α,β-unsaturated/α-hetero) is 1. The van der Waals surface area contributed by atoms with Crippen LogP contribution in [0.4, 0.5) is 5.69 Å². The minimum Gasteiger partial charge on any atom is -0.507 e. The predicted octanol–water partition coefficient (Wildman–Crippen LogP) is 5.30. The lowest BCUT2D eigenvalue weighted by molar-refractivity contribution is -0.123. The number of carbonyl (C=O) groups is 5. The Labute approximate surface area is 269 Å². The topological polar surface area (TPSA) is 159 Å². The molecule has 3 N–H and O–H groups in total. The van der Waals surface area contributed by atoms with Crippen molar-refractivity contribution >= 4 is 82.8 Å². The number of phenolic OH excluding ortho intramolecular Hbond substituents is 1. The first kappa shape index (κ1) is 29.5. The van der Waals surface area contributed by atoms with Gasteiger partial charge >= 0.3 is 5.97 Å². The van der Waals surface area contributed by atoms with Crippen LogP contribution in [-0.4, -0.2) is 51.8 Å². The van der Waals surface area contributed by atoms with Gasteiger partial charge in [-0.2, -0.15) is 0 Å². The number of rotatable bonds is 4. The van der Waals surface area contributed by atoms with Crippen LogP contribution < -0.4 is 9.64 Å². The molecule has 13 heteroatoms. The number of anilines is 1. The molecule has 220 valence electrons. The summed E-state index contributed by atoms with van der Waals surface area (Å²) in [6, 6.07) is 5.05. The van der Waals surface area contributed by atoms with Crippen molar-refractivity contribution in [3.05, 3.63) is 77.7 Å². The zero-order valence-corrected chi connectivity index (χ0v) is 26.8. The maximum absolute atomic E-state index is 14.0. The van der Waals surface area contributed by atoms with Crippen LogP contribution in [-0.2, 0) is 19.2 Å². The molecule has 2 aromatic rings. The van der Waals surface area contributed by atoms with E-state index in [0.717, 1.165) is 17.0 Å². The molecule has 1 aliphatic heterocycles. The quantitative estimate of drug-likeness (QED) is 0.213. The summed E-state index contributed by atoms with van der Waals surface area (Å²) < 4.78 is 6.16. The van der Waals surface area contributed by atoms with E-state index < -0.39 is 53.0 Å². The fraction of sp³-hybridized carbons (Fsp3) is 0.233. The number of imide groups is 1. The van der Waals surface area contributed by atoms with Crippen LogP contribution in [0.3, 0.4) is 0 Å². The second-order valence-electron chi connectivity index (χ2n) is 10.6. The van der Waals surface area contributed by atoms with E-state index in [-0.39, 0.29) is 61.5 Å². The van der Waals surface area contributed by atoms with Gasteiger partial charge in [0.15, 0.2) is 23.1 Å². The van der Waals surface area contributed by atoms with E-state index >= 15 is 0 Å². The predicted molar refractivity (Wildman–Crippen MR) is 162 cm³/mol. The number of phenols is 2. The maximum Gasteiger partial charge on any atom is 0.339 e.